The molecular weight excluding hydrogens is 270 g/mol. The first kappa shape index (κ1) is 16.0. The Bertz CT molecular complexity index is 486. The van der Waals surface area contributed by atoms with Crippen LogP contribution >= 0.6 is 0 Å². The maximum absolute atomic E-state index is 11.9. The van der Waals surface area contributed by atoms with Gasteiger partial charge in [0.2, 0.25) is 5.91 Å². The molecule has 2 N–H and O–H groups in total. The normalized spacial score (nSPS) is 21.2. The maximum atomic E-state index is 11.9. The average Bonchev–Trinajstić information content (AvgIpc) is 3.04. The number of carbonyl (C=O) groups excluding carboxylic acids is 1. The molecule has 118 valence electrons. The number of amides is 1. The fraction of sp³-hybridized carbons (Fsp3) is 0.688. The van der Waals surface area contributed by atoms with Crippen molar-refractivity contribution in [1.82, 2.24) is 5.32 Å². The number of nitrogens with one attached hydrogen (secondary N) is 1. The summed E-state index contributed by atoms with van der Waals surface area (Å²) in [5, 5.41) is 13.3. The van der Waals surface area contributed by atoms with E-state index >= 15 is 0 Å². The molecule has 0 spiro atoms. The van der Waals surface area contributed by atoms with Crippen LogP contribution in [0.2, 0.25) is 0 Å². The number of hydrogen-bond donors (Lipinski definition) is 2. The van der Waals surface area contributed by atoms with Gasteiger partial charge in [-0.05, 0) is 46.1 Å². The molecule has 2 heterocycles. The molecule has 0 unspecified atom stereocenters. The van der Waals surface area contributed by atoms with Crippen LogP contribution in [0.25, 0.3) is 0 Å². The highest BCUT2D eigenvalue weighted by Crippen LogP contribution is 2.26. The van der Waals surface area contributed by atoms with E-state index in [1.165, 1.54) is 0 Å². The molecule has 0 saturated carbocycles. The molecular formula is C16H25NO4. The fourth-order valence-electron chi connectivity index (χ4n) is 2.78. The first-order valence-electron chi connectivity index (χ1n) is 7.56. The Labute approximate surface area is 125 Å². The zero-order valence-corrected chi connectivity index (χ0v) is 13.1. The van der Waals surface area contributed by atoms with Crippen molar-refractivity contribution in [3.05, 3.63) is 23.2 Å². The van der Waals surface area contributed by atoms with Crippen LogP contribution in [0.1, 0.15) is 49.7 Å². The predicted molar refractivity (Wildman–Crippen MR) is 79.0 cm³/mol. The molecule has 0 radical (unpaired) electrons. The van der Waals surface area contributed by atoms with Crippen molar-refractivity contribution in [2.75, 3.05) is 13.2 Å². The van der Waals surface area contributed by atoms with Gasteiger partial charge >= 0.3 is 0 Å². The second kappa shape index (κ2) is 6.62. The number of aryl methyl sites for hydroxylation is 2. The first-order chi connectivity index (χ1) is 9.88. The molecule has 2 rings (SSSR count). The van der Waals surface area contributed by atoms with Gasteiger partial charge in [-0.1, -0.05) is 0 Å². The van der Waals surface area contributed by atoms with Gasteiger partial charge in [0.15, 0.2) is 0 Å². The first-order valence-corrected chi connectivity index (χ1v) is 7.56. The summed E-state index contributed by atoms with van der Waals surface area (Å²) >= 11 is 0. The summed E-state index contributed by atoms with van der Waals surface area (Å²) < 4.78 is 10.9. The fourth-order valence-corrected chi connectivity index (χ4v) is 2.78. The lowest BCUT2D eigenvalue weighted by atomic mass is 9.96. The van der Waals surface area contributed by atoms with E-state index in [2.05, 4.69) is 5.32 Å². The van der Waals surface area contributed by atoms with E-state index in [9.17, 15) is 9.90 Å². The van der Waals surface area contributed by atoms with E-state index in [0.717, 1.165) is 37.2 Å². The average molecular weight is 295 g/mol. The SMILES string of the molecule is Cc1cc([C@@](C)(O)CNC(=O)CC[C@@H]2CCCO2)c(C)o1. The van der Waals surface area contributed by atoms with Gasteiger partial charge in [0, 0.05) is 18.6 Å². The molecule has 1 aromatic rings. The molecule has 1 fully saturated rings. The van der Waals surface area contributed by atoms with Crippen molar-refractivity contribution in [3.8, 4) is 0 Å². The highest BCUT2D eigenvalue weighted by molar-refractivity contribution is 5.76. The van der Waals surface area contributed by atoms with E-state index in [1.807, 2.05) is 19.9 Å². The van der Waals surface area contributed by atoms with Crippen molar-refractivity contribution in [2.45, 2.75) is 58.2 Å². The molecule has 0 bridgehead atoms. The van der Waals surface area contributed by atoms with Crippen molar-refractivity contribution < 1.29 is 19.1 Å². The van der Waals surface area contributed by atoms with E-state index < -0.39 is 5.60 Å². The van der Waals surface area contributed by atoms with Crippen molar-refractivity contribution in [2.24, 2.45) is 0 Å². The van der Waals surface area contributed by atoms with Crippen molar-refractivity contribution in [1.29, 1.82) is 0 Å². The molecule has 1 aliphatic rings. The molecule has 2 atom stereocenters. The Balaban J connectivity index is 1.80. The summed E-state index contributed by atoms with van der Waals surface area (Å²) in [6, 6.07) is 1.81. The number of aliphatic hydroxyl groups is 1. The summed E-state index contributed by atoms with van der Waals surface area (Å²) in [5.41, 5.74) is -0.402. The van der Waals surface area contributed by atoms with Gasteiger partial charge in [-0.25, -0.2) is 0 Å². The van der Waals surface area contributed by atoms with Gasteiger partial charge in [-0.2, -0.15) is 0 Å². The van der Waals surface area contributed by atoms with E-state index in [4.69, 9.17) is 9.15 Å². The number of ether oxygens (including phenoxy) is 1. The minimum absolute atomic E-state index is 0.0522. The van der Waals surface area contributed by atoms with E-state index in [0.29, 0.717) is 12.2 Å². The Kier molecular flexibility index (Phi) is 5.06. The monoisotopic (exact) mass is 295 g/mol. The van der Waals surface area contributed by atoms with E-state index in [1.54, 1.807) is 6.92 Å². The summed E-state index contributed by atoms with van der Waals surface area (Å²) in [6.07, 6.45) is 3.52. The number of furan rings is 1. The van der Waals surface area contributed by atoms with Crippen LogP contribution in [0.5, 0.6) is 0 Å². The standard InChI is InChI=1S/C16H25NO4/c1-11-9-14(12(2)21-11)16(3,19)10-17-15(18)7-6-13-5-4-8-20-13/h9,13,19H,4-8,10H2,1-3H3,(H,17,18)/t13-,16-/m0/s1. The lowest BCUT2D eigenvalue weighted by molar-refractivity contribution is -0.122. The highest BCUT2D eigenvalue weighted by atomic mass is 16.5. The molecule has 0 aromatic carbocycles. The minimum Gasteiger partial charge on any atom is -0.466 e. The summed E-state index contributed by atoms with van der Waals surface area (Å²) in [4.78, 5) is 11.9. The number of hydrogen-bond acceptors (Lipinski definition) is 4. The molecule has 5 nitrogen and oxygen atoms in total. The lowest BCUT2D eigenvalue weighted by Crippen LogP contribution is -2.38. The number of rotatable bonds is 6. The third-order valence-corrected chi connectivity index (χ3v) is 3.97. The zero-order chi connectivity index (χ0) is 15.5. The zero-order valence-electron chi connectivity index (χ0n) is 13.1. The smallest absolute Gasteiger partial charge is 0.220 e. The van der Waals surface area contributed by atoms with E-state index in [-0.39, 0.29) is 18.6 Å². The van der Waals surface area contributed by atoms with Crippen molar-refractivity contribution >= 4 is 5.91 Å². The number of carbonyl (C=O) groups is 1. The Morgan fingerprint density at radius 1 is 1.52 bits per heavy atom. The quantitative estimate of drug-likeness (QED) is 0.844. The Morgan fingerprint density at radius 2 is 2.29 bits per heavy atom. The van der Waals surface area contributed by atoms with Crippen LogP contribution < -0.4 is 5.32 Å². The second-order valence-corrected chi connectivity index (χ2v) is 6.05. The molecule has 0 aliphatic carbocycles. The molecule has 1 aromatic heterocycles. The second-order valence-electron chi connectivity index (χ2n) is 6.05. The van der Waals surface area contributed by atoms with Crippen LogP contribution in [-0.2, 0) is 15.1 Å². The van der Waals surface area contributed by atoms with Crippen LogP contribution in [0.15, 0.2) is 10.5 Å². The topological polar surface area (TPSA) is 71.7 Å². The molecule has 21 heavy (non-hydrogen) atoms. The van der Waals surface area contributed by atoms with Gasteiger partial charge in [-0.15, -0.1) is 0 Å². The minimum atomic E-state index is -1.12. The summed E-state index contributed by atoms with van der Waals surface area (Å²) in [5.74, 6) is 1.39. The molecule has 5 heteroatoms. The highest BCUT2D eigenvalue weighted by Gasteiger charge is 2.28. The third-order valence-electron chi connectivity index (χ3n) is 3.97. The lowest BCUT2D eigenvalue weighted by Gasteiger charge is -2.23. The molecule has 1 saturated heterocycles. The van der Waals surface area contributed by atoms with Crippen LogP contribution in [0.3, 0.4) is 0 Å². The van der Waals surface area contributed by atoms with Crippen LogP contribution in [0.4, 0.5) is 0 Å². The Morgan fingerprint density at radius 3 is 2.86 bits per heavy atom. The Hall–Kier alpha value is -1.33. The van der Waals surface area contributed by atoms with Gasteiger partial charge < -0.3 is 19.6 Å². The van der Waals surface area contributed by atoms with Crippen molar-refractivity contribution in [3.63, 3.8) is 0 Å². The van der Waals surface area contributed by atoms with Gasteiger partial charge in [-0.3, -0.25) is 4.79 Å². The summed E-state index contributed by atoms with van der Waals surface area (Å²) in [6.45, 7) is 6.32. The van der Waals surface area contributed by atoms with Gasteiger partial charge in [0.05, 0.1) is 12.6 Å². The van der Waals surface area contributed by atoms with Gasteiger partial charge in [0.25, 0.3) is 0 Å². The van der Waals surface area contributed by atoms with Crippen LogP contribution in [0, 0.1) is 13.8 Å². The predicted octanol–water partition coefficient (Wildman–Crippen LogP) is 2.18. The third kappa shape index (κ3) is 4.32. The van der Waals surface area contributed by atoms with Gasteiger partial charge in [0.1, 0.15) is 17.1 Å². The largest absolute Gasteiger partial charge is 0.466 e. The maximum Gasteiger partial charge on any atom is 0.220 e. The molecule has 1 amide bonds. The van der Waals surface area contributed by atoms with Crippen LogP contribution in [-0.4, -0.2) is 30.3 Å². The molecule has 1 aliphatic heterocycles. The summed E-state index contributed by atoms with van der Waals surface area (Å²) in [7, 11) is 0.